The predicted molar refractivity (Wildman–Crippen MR) is 30.6 cm³/mol. The van der Waals surface area contributed by atoms with E-state index in [0.29, 0.717) is 5.92 Å². The van der Waals surface area contributed by atoms with E-state index in [9.17, 15) is 0 Å². The average Bonchev–Trinajstić information content (AvgIpc) is 1.69. The van der Waals surface area contributed by atoms with Crippen molar-refractivity contribution in [3.05, 3.63) is 0 Å². The summed E-state index contributed by atoms with van der Waals surface area (Å²) in [6.45, 7) is 3.91. The molecule has 0 fully saturated rings. The number of hydrogen-bond donors (Lipinski definition) is 2. The molecular weight excluding hydrogens is 106 g/mol. The van der Waals surface area contributed by atoms with Crippen molar-refractivity contribution >= 4 is 0 Å². The Bertz CT molecular complexity index is 52.4. The Morgan fingerprint density at radius 3 is 2.00 bits per heavy atom. The summed E-state index contributed by atoms with van der Waals surface area (Å²) in [5, 5.41) is 8.32. The number of ether oxygens (including phenoxy) is 1. The van der Waals surface area contributed by atoms with Gasteiger partial charge in [0.05, 0.1) is 0 Å². The minimum absolute atomic E-state index is 0.241. The van der Waals surface area contributed by atoms with Crippen LogP contribution in [0.4, 0.5) is 0 Å². The highest BCUT2D eigenvalue weighted by Gasteiger charge is 2.07. The molecule has 0 radical (unpaired) electrons. The van der Waals surface area contributed by atoms with Crippen LogP contribution in [0.25, 0.3) is 0 Å². The number of nitrogens with one attached hydrogen (secondary N) is 1. The van der Waals surface area contributed by atoms with Gasteiger partial charge in [-0.05, 0) is 5.92 Å². The molecule has 0 bridgehead atoms. The first-order valence-electron chi connectivity index (χ1n) is 2.64. The van der Waals surface area contributed by atoms with Crippen LogP contribution >= 0.6 is 0 Å². The van der Waals surface area contributed by atoms with Crippen LogP contribution in [0.3, 0.4) is 0 Å². The zero-order valence-corrected chi connectivity index (χ0v) is 5.51. The van der Waals surface area contributed by atoms with Crippen molar-refractivity contribution in [2.45, 2.75) is 20.1 Å². The van der Waals surface area contributed by atoms with E-state index in [2.05, 4.69) is 0 Å². The minimum atomic E-state index is -0.241. The molecule has 0 aromatic rings. The molecular formula is C5H13NO2. The van der Waals surface area contributed by atoms with Crippen molar-refractivity contribution in [2.24, 2.45) is 5.92 Å². The van der Waals surface area contributed by atoms with E-state index >= 15 is 0 Å². The summed E-state index contributed by atoms with van der Waals surface area (Å²) < 4.78 is 4.80. The summed E-state index contributed by atoms with van der Waals surface area (Å²) in [6.07, 6.45) is -0.241. The third kappa shape index (κ3) is 2.26. The van der Waals surface area contributed by atoms with Gasteiger partial charge in [0, 0.05) is 7.11 Å². The lowest BCUT2D eigenvalue weighted by atomic mass is 10.2. The van der Waals surface area contributed by atoms with Crippen LogP contribution in [0, 0.1) is 5.92 Å². The van der Waals surface area contributed by atoms with Gasteiger partial charge in [0.15, 0.2) is 0 Å². The number of hydrogen-bond acceptors (Lipinski definition) is 3. The fraction of sp³-hybridized carbons (Fsp3) is 1.00. The Morgan fingerprint density at radius 1 is 1.50 bits per heavy atom. The Labute approximate surface area is 49.6 Å². The monoisotopic (exact) mass is 119 g/mol. The second kappa shape index (κ2) is 3.83. The normalized spacial score (nSPS) is 14.6. The van der Waals surface area contributed by atoms with Crippen LogP contribution in [-0.2, 0) is 4.74 Å². The molecule has 2 N–H and O–H groups in total. The molecule has 3 nitrogen and oxygen atoms in total. The second-order valence-electron chi connectivity index (χ2n) is 2.03. The van der Waals surface area contributed by atoms with Crippen molar-refractivity contribution in [3.8, 4) is 0 Å². The Balaban J connectivity index is 3.35. The molecule has 50 valence electrons. The van der Waals surface area contributed by atoms with Gasteiger partial charge in [-0.15, -0.1) is 0 Å². The fourth-order valence-corrected chi connectivity index (χ4v) is 0.474. The molecule has 0 amide bonds. The maximum absolute atomic E-state index is 8.32. The summed E-state index contributed by atoms with van der Waals surface area (Å²) in [7, 11) is 1.55. The highest BCUT2D eigenvalue weighted by atomic mass is 16.6. The Morgan fingerprint density at radius 2 is 2.00 bits per heavy atom. The van der Waals surface area contributed by atoms with Gasteiger partial charge in [-0.3, -0.25) is 0 Å². The van der Waals surface area contributed by atoms with Gasteiger partial charge in [-0.2, -0.15) is 5.48 Å². The van der Waals surface area contributed by atoms with Crippen LogP contribution in [0.2, 0.25) is 0 Å². The fourth-order valence-electron chi connectivity index (χ4n) is 0.474. The van der Waals surface area contributed by atoms with Crippen LogP contribution in [-0.4, -0.2) is 18.5 Å². The Kier molecular flexibility index (Phi) is 3.77. The molecule has 8 heavy (non-hydrogen) atoms. The summed E-state index contributed by atoms with van der Waals surface area (Å²) in [5.74, 6) is 0.296. The van der Waals surface area contributed by atoms with E-state index in [1.807, 2.05) is 19.3 Å². The predicted octanol–water partition coefficient (Wildman–Crippen LogP) is 0.594. The van der Waals surface area contributed by atoms with Crippen LogP contribution in [0.1, 0.15) is 13.8 Å². The highest BCUT2D eigenvalue weighted by Crippen LogP contribution is 1.99. The first-order valence-corrected chi connectivity index (χ1v) is 2.64. The third-order valence-corrected chi connectivity index (χ3v) is 0.987. The molecule has 0 aliphatic rings. The van der Waals surface area contributed by atoms with Crippen molar-refractivity contribution in [1.82, 2.24) is 5.48 Å². The molecule has 1 unspecified atom stereocenters. The number of hydroxylamine groups is 1. The van der Waals surface area contributed by atoms with Gasteiger partial charge < -0.3 is 9.94 Å². The maximum atomic E-state index is 8.32. The van der Waals surface area contributed by atoms with Gasteiger partial charge in [-0.25, -0.2) is 0 Å². The highest BCUT2D eigenvalue weighted by molar-refractivity contribution is 4.51. The molecule has 1 atom stereocenters. The van der Waals surface area contributed by atoms with Gasteiger partial charge in [0.2, 0.25) is 0 Å². The van der Waals surface area contributed by atoms with E-state index < -0.39 is 0 Å². The van der Waals surface area contributed by atoms with E-state index in [4.69, 9.17) is 9.94 Å². The molecule has 0 saturated heterocycles. The maximum Gasteiger partial charge on any atom is 0.131 e. The lowest BCUT2D eigenvalue weighted by molar-refractivity contribution is -0.0529. The molecule has 0 spiro atoms. The quantitative estimate of drug-likeness (QED) is 0.422. The lowest BCUT2D eigenvalue weighted by Gasteiger charge is -2.15. The zero-order chi connectivity index (χ0) is 6.57. The van der Waals surface area contributed by atoms with Crippen molar-refractivity contribution < 1.29 is 9.94 Å². The SMILES string of the molecule is COC(NO)C(C)C. The molecule has 3 heteroatoms. The molecule has 0 rings (SSSR count). The van der Waals surface area contributed by atoms with Crippen molar-refractivity contribution in [1.29, 1.82) is 0 Å². The largest absolute Gasteiger partial charge is 0.364 e. The Hall–Kier alpha value is -0.120. The molecule has 0 aliphatic carbocycles. The summed E-state index contributed by atoms with van der Waals surface area (Å²) in [5.41, 5.74) is 2.03. The summed E-state index contributed by atoms with van der Waals surface area (Å²) in [4.78, 5) is 0. The summed E-state index contributed by atoms with van der Waals surface area (Å²) >= 11 is 0. The standard InChI is InChI=1S/C5H13NO2/c1-4(2)5(6-7)8-3/h4-7H,1-3H3. The second-order valence-corrected chi connectivity index (χ2v) is 2.03. The van der Waals surface area contributed by atoms with Gasteiger partial charge >= 0.3 is 0 Å². The smallest absolute Gasteiger partial charge is 0.131 e. The van der Waals surface area contributed by atoms with Crippen molar-refractivity contribution in [2.75, 3.05) is 7.11 Å². The van der Waals surface area contributed by atoms with Crippen molar-refractivity contribution in [3.63, 3.8) is 0 Å². The first kappa shape index (κ1) is 7.88. The molecule has 0 saturated carbocycles. The minimum Gasteiger partial charge on any atom is -0.364 e. The number of rotatable bonds is 3. The van der Waals surface area contributed by atoms with Crippen LogP contribution < -0.4 is 5.48 Å². The molecule has 0 aliphatic heterocycles. The molecule has 0 aromatic heterocycles. The van der Waals surface area contributed by atoms with E-state index in [-0.39, 0.29) is 6.23 Å². The molecule has 0 heterocycles. The van der Waals surface area contributed by atoms with Crippen LogP contribution in [0.15, 0.2) is 0 Å². The zero-order valence-electron chi connectivity index (χ0n) is 5.51. The van der Waals surface area contributed by atoms with E-state index in [1.165, 1.54) is 0 Å². The topological polar surface area (TPSA) is 41.5 Å². The summed E-state index contributed by atoms with van der Waals surface area (Å²) in [6, 6.07) is 0. The van der Waals surface area contributed by atoms with Gasteiger partial charge in [0.1, 0.15) is 6.23 Å². The van der Waals surface area contributed by atoms with Gasteiger partial charge in [-0.1, -0.05) is 13.8 Å². The van der Waals surface area contributed by atoms with E-state index in [0.717, 1.165) is 0 Å². The lowest BCUT2D eigenvalue weighted by Crippen LogP contribution is -2.32. The van der Waals surface area contributed by atoms with E-state index in [1.54, 1.807) is 7.11 Å². The van der Waals surface area contributed by atoms with Gasteiger partial charge in [0.25, 0.3) is 0 Å². The molecule has 0 aromatic carbocycles. The average molecular weight is 119 g/mol. The van der Waals surface area contributed by atoms with Crippen LogP contribution in [0.5, 0.6) is 0 Å². The first-order chi connectivity index (χ1) is 3.72. The third-order valence-electron chi connectivity index (χ3n) is 0.987. The number of methoxy groups -OCH3 is 1.